The topological polar surface area (TPSA) is 49.6 Å². The third-order valence-electron chi connectivity index (χ3n) is 3.57. The largest absolute Gasteiger partial charge is 0.345 e. The van der Waals surface area contributed by atoms with E-state index in [-0.39, 0.29) is 5.91 Å². The number of likely N-dealkylation sites (tertiary alicyclic amines) is 1. The van der Waals surface area contributed by atoms with E-state index in [1.54, 1.807) is 0 Å². The lowest BCUT2D eigenvalue weighted by Crippen LogP contribution is -2.44. The standard InChI is InChI=1S/C13H27N3O/c1-3-4-7-15(2)13(17)11-16-8-5-6-12(9-14)10-16/h12H,3-11,14H2,1-2H3/t12-/m1/s1. The predicted octanol–water partition coefficient (Wildman–Crippen LogP) is 0.916. The molecule has 17 heavy (non-hydrogen) atoms. The number of hydrogen-bond acceptors (Lipinski definition) is 3. The van der Waals surface area contributed by atoms with Gasteiger partial charge in [-0.25, -0.2) is 0 Å². The van der Waals surface area contributed by atoms with E-state index in [0.29, 0.717) is 12.5 Å². The lowest BCUT2D eigenvalue weighted by atomic mass is 9.98. The van der Waals surface area contributed by atoms with Gasteiger partial charge in [0.05, 0.1) is 6.54 Å². The monoisotopic (exact) mass is 241 g/mol. The molecule has 1 aliphatic heterocycles. The zero-order chi connectivity index (χ0) is 12.7. The highest BCUT2D eigenvalue weighted by Crippen LogP contribution is 2.14. The summed E-state index contributed by atoms with van der Waals surface area (Å²) < 4.78 is 0. The molecule has 1 fully saturated rings. The summed E-state index contributed by atoms with van der Waals surface area (Å²) in [4.78, 5) is 16.1. The van der Waals surface area contributed by atoms with Gasteiger partial charge in [-0.05, 0) is 38.3 Å². The molecule has 1 rings (SSSR count). The summed E-state index contributed by atoms with van der Waals surface area (Å²) in [5.74, 6) is 0.827. The minimum Gasteiger partial charge on any atom is -0.345 e. The quantitative estimate of drug-likeness (QED) is 0.752. The fourth-order valence-electron chi connectivity index (χ4n) is 2.32. The van der Waals surface area contributed by atoms with E-state index in [4.69, 9.17) is 5.73 Å². The Morgan fingerprint density at radius 1 is 1.53 bits per heavy atom. The average molecular weight is 241 g/mol. The molecule has 0 spiro atoms. The number of hydrogen-bond donors (Lipinski definition) is 1. The minimum atomic E-state index is 0.246. The Labute approximate surface area is 105 Å². The van der Waals surface area contributed by atoms with E-state index in [1.807, 2.05) is 11.9 Å². The van der Waals surface area contributed by atoms with Crippen LogP contribution in [0, 0.1) is 5.92 Å². The molecule has 1 amide bonds. The van der Waals surface area contributed by atoms with Crippen molar-refractivity contribution < 1.29 is 4.79 Å². The van der Waals surface area contributed by atoms with Crippen molar-refractivity contribution in [2.45, 2.75) is 32.6 Å². The van der Waals surface area contributed by atoms with Crippen LogP contribution < -0.4 is 5.73 Å². The van der Waals surface area contributed by atoms with Gasteiger partial charge in [0.1, 0.15) is 0 Å². The second kappa shape index (κ2) is 7.67. The van der Waals surface area contributed by atoms with E-state index in [1.165, 1.54) is 12.8 Å². The van der Waals surface area contributed by atoms with Crippen LogP contribution in [0.3, 0.4) is 0 Å². The maximum atomic E-state index is 12.0. The van der Waals surface area contributed by atoms with Crippen LogP contribution in [0.2, 0.25) is 0 Å². The van der Waals surface area contributed by atoms with Gasteiger partial charge in [-0.2, -0.15) is 0 Å². The van der Waals surface area contributed by atoms with Crippen LogP contribution in [-0.4, -0.2) is 55.5 Å². The molecule has 2 N–H and O–H groups in total. The van der Waals surface area contributed by atoms with Crippen LogP contribution in [0.25, 0.3) is 0 Å². The number of rotatable bonds is 6. The molecule has 0 aliphatic carbocycles. The average Bonchev–Trinajstić information content (AvgIpc) is 2.36. The molecule has 0 unspecified atom stereocenters. The van der Waals surface area contributed by atoms with Crippen LogP contribution >= 0.6 is 0 Å². The molecule has 1 atom stereocenters. The molecular formula is C13H27N3O. The third kappa shape index (κ3) is 5.04. The first-order chi connectivity index (χ1) is 8.17. The maximum Gasteiger partial charge on any atom is 0.236 e. The van der Waals surface area contributed by atoms with E-state index >= 15 is 0 Å². The normalized spacial score (nSPS) is 21.5. The van der Waals surface area contributed by atoms with Crippen LogP contribution in [-0.2, 0) is 4.79 Å². The number of carbonyl (C=O) groups is 1. The van der Waals surface area contributed by atoms with Crippen molar-refractivity contribution in [3.05, 3.63) is 0 Å². The van der Waals surface area contributed by atoms with Crippen molar-refractivity contribution >= 4 is 5.91 Å². The molecule has 0 aromatic heterocycles. The van der Waals surface area contributed by atoms with E-state index < -0.39 is 0 Å². The lowest BCUT2D eigenvalue weighted by molar-refractivity contribution is -0.131. The summed E-state index contributed by atoms with van der Waals surface area (Å²) in [5.41, 5.74) is 5.70. The molecule has 0 bridgehead atoms. The highest BCUT2D eigenvalue weighted by Gasteiger charge is 2.21. The van der Waals surface area contributed by atoms with Crippen LogP contribution in [0.1, 0.15) is 32.6 Å². The minimum absolute atomic E-state index is 0.246. The van der Waals surface area contributed by atoms with Gasteiger partial charge in [0.15, 0.2) is 0 Å². The van der Waals surface area contributed by atoms with E-state index in [9.17, 15) is 4.79 Å². The molecule has 1 aliphatic rings. The molecule has 100 valence electrons. The predicted molar refractivity (Wildman–Crippen MR) is 70.8 cm³/mol. The number of nitrogens with zero attached hydrogens (tertiary/aromatic N) is 2. The number of amides is 1. The summed E-state index contributed by atoms with van der Waals surface area (Å²) >= 11 is 0. The maximum absolute atomic E-state index is 12.0. The number of piperidine rings is 1. The van der Waals surface area contributed by atoms with Gasteiger partial charge in [-0.1, -0.05) is 13.3 Å². The number of unbranched alkanes of at least 4 members (excludes halogenated alkanes) is 1. The Morgan fingerprint density at radius 3 is 2.94 bits per heavy atom. The molecule has 0 aromatic carbocycles. The van der Waals surface area contributed by atoms with Gasteiger partial charge in [0, 0.05) is 20.1 Å². The molecule has 1 saturated heterocycles. The fraction of sp³-hybridized carbons (Fsp3) is 0.923. The molecule has 1 heterocycles. The first-order valence-corrected chi connectivity index (χ1v) is 6.83. The van der Waals surface area contributed by atoms with Crippen molar-refractivity contribution in [1.29, 1.82) is 0 Å². The van der Waals surface area contributed by atoms with E-state index in [0.717, 1.165) is 39.0 Å². The summed E-state index contributed by atoms with van der Waals surface area (Å²) in [6, 6.07) is 0. The van der Waals surface area contributed by atoms with Gasteiger partial charge < -0.3 is 10.6 Å². The SMILES string of the molecule is CCCCN(C)C(=O)CN1CCC[C@H](CN)C1. The van der Waals surface area contributed by atoms with Gasteiger partial charge in [0.25, 0.3) is 0 Å². The van der Waals surface area contributed by atoms with Crippen LogP contribution in [0.15, 0.2) is 0 Å². The number of carbonyl (C=O) groups excluding carboxylic acids is 1. The second-order valence-corrected chi connectivity index (χ2v) is 5.15. The Balaban J connectivity index is 2.29. The van der Waals surface area contributed by atoms with Crippen molar-refractivity contribution in [1.82, 2.24) is 9.80 Å². The molecule has 0 saturated carbocycles. The smallest absolute Gasteiger partial charge is 0.236 e. The fourth-order valence-corrected chi connectivity index (χ4v) is 2.32. The highest BCUT2D eigenvalue weighted by atomic mass is 16.2. The van der Waals surface area contributed by atoms with Gasteiger partial charge in [0.2, 0.25) is 5.91 Å². The van der Waals surface area contributed by atoms with Crippen molar-refractivity contribution in [3.63, 3.8) is 0 Å². The van der Waals surface area contributed by atoms with Crippen LogP contribution in [0.5, 0.6) is 0 Å². The zero-order valence-corrected chi connectivity index (χ0v) is 11.3. The number of likely N-dealkylation sites (N-methyl/N-ethyl adjacent to an activating group) is 1. The first kappa shape index (κ1) is 14.5. The number of nitrogens with two attached hydrogens (primary N) is 1. The van der Waals surface area contributed by atoms with E-state index in [2.05, 4.69) is 11.8 Å². The molecule has 4 nitrogen and oxygen atoms in total. The van der Waals surface area contributed by atoms with Crippen molar-refractivity contribution in [2.24, 2.45) is 11.7 Å². The molecule has 0 radical (unpaired) electrons. The Morgan fingerprint density at radius 2 is 2.29 bits per heavy atom. The van der Waals surface area contributed by atoms with Gasteiger partial charge in [-0.3, -0.25) is 9.69 Å². The molecular weight excluding hydrogens is 214 g/mol. The zero-order valence-electron chi connectivity index (χ0n) is 11.3. The summed E-state index contributed by atoms with van der Waals surface area (Å²) in [7, 11) is 1.91. The van der Waals surface area contributed by atoms with Gasteiger partial charge in [-0.15, -0.1) is 0 Å². The highest BCUT2D eigenvalue weighted by molar-refractivity contribution is 5.77. The van der Waals surface area contributed by atoms with Crippen molar-refractivity contribution in [2.75, 3.05) is 39.8 Å². The summed E-state index contributed by atoms with van der Waals surface area (Å²) in [5, 5.41) is 0. The Kier molecular flexibility index (Phi) is 6.52. The Hall–Kier alpha value is -0.610. The summed E-state index contributed by atoms with van der Waals surface area (Å²) in [6.07, 6.45) is 4.62. The molecule has 4 heteroatoms. The molecule has 0 aromatic rings. The lowest BCUT2D eigenvalue weighted by Gasteiger charge is -2.32. The Bertz CT molecular complexity index is 233. The second-order valence-electron chi connectivity index (χ2n) is 5.15. The van der Waals surface area contributed by atoms with Crippen molar-refractivity contribution in [3.8, 4) is 0 Å². The third-order valence-corrected chi connectivity index (χ3v) is 3.57. The summed E-state index contributed by atoms with van der Waals surface area (Å²) in [6.45, 7) is 6.37. The van der Waals surface area contributed by atoms with Crippen LogP contribution in [0.4, 0.5) is 0 Å². The first-order valence-electron chi connectivity index (χ1n) is 6.83. The van der Waals surface area contributed by atoms with Gasteiger partial charge >= 0.3 is 0 Å².